The largest absolute Gasteiger partial charge is 0.326 e. The summed E-state index contributed by atoms with van der Waals surface area (Å²) in [5.74, 6) is -3.31. The van der Waals surface area contributed by atoms with Crippen LogP contribution in [0.3, 0.4) is 0 Å². The van der Waals surface area contributed by atoms with Crippen LogP contribution >= 0.6 is 0 Å². The summed E-state index contributed by atoms with van der Waals surface area (Å²) < 4.78 is 27.2. The number of para-hydroxylation sites is 1. The molecule has 1 fully saturated rings. The second-order valence-electron chi connectivity index (χ2n) is 5.77. The average molecular weight is 361 g/mol. The third-order valence-electron chi connectivity index (χ3n) is 4.05. The van der Waals surface area contributed by atoms with Gasteiger partial charge >= 0.3 is 5.69 Å². The van der Waals surface area contributed by atoms with E-state index in [1.807, 2.05) is 0 Å². The van der Waals surface area contributed by atoms with Crippen LogP contribution in [0, 0.1) is 27.7 Å². The second kappa shape index (κ2) is 6.87. The van der Waals surface area contributed by atoms with Gasteiger partial charge in [0, 0.05) is 24.7 Å². The van der Waals surface area contributed by atoms with Gasteiger partial charge in [0.25, 0.3) is 0 Å². The van der Waals surface area contributed by atoms with E-state index in [1.165, 1.54) is 29.2 Å². The maximum absolute atomic E-state index is 13.9. The topological polar surface area (TPSA) is 92.5 Å². The van der Waals surface area contributed by atoms with Crippen molar-refractivity contribution in [2.75, 3.05) is 16.8 Å². The first kappa shape index (κ1) is 17.5. The Bertz CT molecular complexity index is 903. The van der Waals surface area contributed by atoms with Crippen molar-refractivity contribution in [3.63, 3.8) is 0 Å². The minimum atomic E-state index is -1.02. The number of halogens is 2. The van der Waals surface area contributed by atoms with Crippen molar-refractivity contribution in [3.05, 3.63) is 64.2 Å². The molecule has 0 saturated carbocycles. The number of carbonyl (C=O) groups excluding carboxylic acids is 2. The molecular formula is C17H13F2N3O4. The van der Waals surface area contributed by atoms with Gasteiger partial charge in [0.1, 0.15) is 5.82 Å². The second-order valence-corrected chi connectivity index (χ2v) is 5.77. The highest BCUT2D eigenvalue weighted by Gasteiger charge is 2.36. The number of hydrogen-bond acceptors (Lipinski definition) is 4. The number of anilines is 2. The van der Waals surface area contributed by atoms with Crippen molar-refractivity contribution < 1.29 is 23.3 Å². The zero-order valence-electron chi connectivity index (χ0n) is 13.3. The van der Waals surface area contributed by atoms with Crippen LogP contribution in [0.1, 0.15) is 6.42 Å². The van der Waals surface area contributed by atoms with Crippen LogP contribution in [0.2, 0.25) is 0 Å². The molecule has 1 heterocycles. The van der Waals surface area contributed by atoms with E-state index >= 15 is 0 Å². The van der Waals surface area contributed by atoms with Crippen LogP contribution in [-0.4, -0.2) is 23.3 Å². The fourth-order valence-electron chi connectivity index (χ4n) is 2.76. The van der Waals surface area contributed by atoms with Crippen LogP contribution in [0.15, 0.2) is 42.5 Å². The van der Waals surface area contributed by atoms with Crippen LogP contribution in [0.5, 0.6) is 0 Å². The predicted molar refractivity (Wildman–Crippen MR) is 88.5 cm³/mol. The molecule has 0 aliphatic carbocycles. The molecule has 0 aromatic heterocycles. The van der Waals surface area contributed by atoms with Gasteiger partial charge in [-0.1, -0.05) is 12.1 Å². The summed E-state index contributed by atoms with van der Waals surface area (Å²) in [6, 6.07) is 8.69. The summed E-state index contributed by atoms with van der Waals surface area (Å²) in [5, 5.41) is 13.2. The van der Waals surface area contributed by atoms with Crippen molar-refractivity contribution in [1.29, 1.82) is 0 Å². The summed E-state index contributed by atoms with van der Waals surface area (Å²) in [4.78, 5) is 35.5. The van der Waals surface area contributed by atoms with Crippen molar-refractivity contribution in [1.82, 2.24) is 0 Å². The first-order chi connectivity index (χ1) is 12.4. The van der Waals surface area contributed by atoms with Gasteiger partial charge in [0.05, 0.1) is 16.5 Å². The van der Waals surface area contributed by atoms with Crippen molar-refractivity contribution in [2.45, 2.75) is 6.42 Å². The van der Waals surface area contributed by atoms with E-state index in [9.17, 15) is 28.5 Å². The first-order valence-electron chi connectivity index (χ1n) is 7.66. The number of benzene rings is 2. The number of nitrogens with zero attached hydrogens (tertiary/aromatic N) is 2. The van der Waals surface area contributed by atoms with Gasteiger partial charge in [0.2, 0.25) is 17.6 Å². The predicted octanol–water partition coefficient (Wildman–Crippen LogP) is 2.86. The van der Waals surface area contributed by atoms with Gasteiger partial charge in [-0.15, -0.1) is 0 Å². The fourth-order valence-corrected chi connectivity index (χ4v) is 2.76. The Morgan fingerprint density at radius 3 is 2.62 bits per heavy atom. The van der Waals surface area contributed by atoms with E-state index in [2.05, 4.69) is 5.32 Å². The monoisotopic (exact) mass is 361 g/mol. The molecule has 1 saturated heterocycles. The zero-order valence-corrected chi connectivity index (χ0v) is 13.3. The SMILES string of the molecule is O=C(Nc1ccc(F)c([N+](=O)[O-])c1)[C@@H]1CC(=O)N(c2ccccc2F)C1. The number of nitro benzene ring substituents is 1. The summed E-state index contributed by atoms with van der Waals surface area (Å²) in [6.07, 6.45) is -0.122. The minimum Gasteiger partial charge on any atom is -0.326 e. The van der Waals surface area contributed by atoms with Crippen LogP contribution in [0.25, 0.3) is 0 Å². The van der Waals surface area contributed by atoms with E-state index in [-0.39, 0.29) is 24.3 Å². The molecule has 1 atom stereocenters. The molecule has 0 radical (unpaired) electrons. The van der Waals surface area contributed by atoms with Crippen molar-refractivity contribution in [2.24, 2.45) is 5.92 Å². The van der Waals surface area contributed by atoms with Gasteiger partial charge < -0.3 is 10.2 Å². The van der Waals surface area contributed by atoms with E-state index < -0.39 is 40.0 Å². The Morgan fingerprint density at radius 1 is 1.19 bits per heavy atom. The molecule has 2 aromatic rings. The summed E-state index contributed by atoms with van der Waals surface area (Å²) in [7, 11) is 0. The Kier molecular flexibility index (Phi) is 4.61. The maximum atomic E-state index is 13.9. The van der Waals surface area contributed by atoms with Crippen LogP contribution < -0.4 is 10.2 Å². The molecule has 0 unspecified atom stereocenters. The zero-order chi connectivity index (χ0) is 18.8. The molecule has 1 N–H and O–H groups in total. The van der Waals surface area contributed by atoms with Gasteiger partial charge in [-0.2, -0.15) is 4.39 Å². The van der Waals surface area contributed by atoms with E-state index in [1.54, 1.807) is 6.07 Å². The standard InChI is InChI=1S/C17H13F2N3O4/c18-12-3-1-2-4-14(12)21-9-10(7-16(21)23)17(24)20-11-5-6-13(19)15(8-11)22(25)26/h1-6,8,10H,7,9H2,(H,20,24)/t10-/m1/s1. The molecule has 3 rings (SSSR count). The van der Waals surface area contributed by atoms with Gasteiger partial charge in [-0.3, -0.25) is 19.7 Å². The molecule has 26 heavy (non-hydrogen) atoms. The Balaban J connectivity index is 1.74. The summed E-state index contributed by atoms with van der Waals surface area (Å²) in [6.45, 7) is -0.0190. The highest BCUT2D eigenvalue weighted by molar-refractivity contribution is 6.03. The number of hydrogen-bond donors (Lipinski definition) is 1. The highest BCUT2D eigenvalue weighted by Crippen LogP contribution is 2.28. The quantitative estimate of drug-likeness (QED) is 0.669. The maximum Gasteiger partial charge on any atom is 0.306 e. The Morgan fingerprint density at radius 2 is 1.92 bits per heavy atom. The van der Waals surface area contributed by atoms with E-state index in [4.69, 9.17) is 0 Å². The lowest BCUT2D eigenvalue weighted by atomic mass is 10.1. The summed E-state index contributed by atoms with van der Waals surface area (Å²) in [5.41, 5.74) is -0.636. The Labute approximate surface area is 146 Å². The van der Waals surface area contributed by atoms with E-state index in [0.29, 0.717) is 0 Å². The molecule has 1 aliphatic heterocycles. The molecule has 7 nitrogen and oxygen atoms in total. The number of nitro groups is 1. The van der Waals surface area contributed by atoms with Gasteiger partial charge in [-0.25, -0.2) is 4.39 Å². The lowest BCUT2D eigenvalue weighted by Crippen LogP contribution is -2.28. The molecule has 9 heteroatoms. The number of amides is 2. The number of nitrogens with one attached hydrogen (secondary N) is 1. The normalized spacial score (nSPS) is 16.6. The number of rotatable bonds is 4. The minimum absolute atomic E-state index is 0.0190. The molecular weight excluding hydrogens is 348 g/mol. The first-order valence-corrected chi connectivity index (χ1v) is 7.66. The van der Waals surface area contributed by atoms with Gasteiger partial charge in [0.15, 0.2) is 0 Å². The third kappa shape index (κ3) is 3.37. The highest BCUT2D eigenvalue weighted by atomic mass is 19.1. The third-order valence-corrected chi connectivity index (χ3v) is 4.05. The molecule has 2 aromatic carbocycles. The lowest BCUT2D eigenvalue weighted by Gasteiger charge is -2.17. The van der Waals surface area contributed by atoms with Gasteiger partial charge in [-0.05, 0) is 24.3 Å². The smallest absolute Gasteiger partial charge is 0.306 e. The molecule has 1 aliphatic rings. The Hall–Kier alpha value is -3.36. The van der Waals surface area contributed by atoms with Crippen LogP contribution in [0.4, 0.5) is 25.8 Å². The number of carbonyl (C=O) groups is 2. The van der Waals surface area contributed by atoms with E-state index in [0.717, 1.165) is 12.1 Å². The van der Waals surface area contributed by atoms with Crippen molar-refractivity contribution in [3.8, 4) is 0 Å². The molecule has 0 bridgehead atoms. The molecule has 2 amide bonds. The van der Waals surface area contributed by atoms with Crippen LogP contribution in [-0.2, 0) is 9.59 Å². The van der Waals surface area contributed by atoms with Crippen molar-refractivity contribution >= 4 is 28.9 Å². The summed E-state index contributed by atoms with van der Waals surface area (Å²) >= 11 is 0. The molecule has 0 spiro atoms. The average Bonchev–Trinajstić information content (AvgIpc) is 2.98. The molecule has 134 valence electrons. The lowest BCUT2D eigenvalue weighted by molar-refractivity contribution is -0.387. The fraction of sp³-hybridized carbons (Fsp3) is 0.176.